The quantitative estimate of drug-likeness (QED) is 0.245. The predicted octanol–water partition coefficient (Wildman–Crippen LogP) is 7.21. The molecule has 0 heterocycles. The standard InChI is InChI=1S/C33H38N2/c1-24-22-28(8-16-30(24)14-6-26-10-18-32(34)19-11-26)4-3-5-29-9-17-31(25(2)23-29)15-7-27-12-20-33(35)21-13-27/h8-13,16-23H,3-7,14-15,34-35H2,1-2H3. The molecule has 180 valence electrons. The van der Waals surface area contributed by atoms with Crippen molar-refractivity contribution in [2.24, 2.45) is 0 Å². The van der Waals surface area contributed by atoms with E-state index in [0.29, 0.717) is 0 Å². The summed E-state index contributed by atoms with van der Waals surface area (Å²) in [5, 5.41) is 0. The molecule has 2 nitrogen and oxygen atoms in total. The fourth-order valence-corrected chi connectivity index (χ4v) is 4.81. The van der Waals surface area contributed by atoms with E-state index in [4.69, 9.17) is 11.5 Å². The maximum Gasteiger partial charge on any atom is 0.0314 e. The van der Waals surface area contributed by atoms with Gasteiger partial charge in [-0.2, -0.15) is 0 Å². The van der Waals surface area contributed by atoms with Gasteiger partial charge < -0.3 is 11.5 Å². The van der Waals surface area contributed by atoms with E-state index in [0.717, 1.165) is 49.9 Å². The topological polar surface area (TPSA) is 52.0 Å². The first-order valence-corrected chi connectivity index (χ1v) is 12.8. The van der Waals surface area contributed by atoms with E-state index in [2.05, 4.69) is 74.5 Å². The normalized spacial score (nSPS) is 11.0. The Morgan fingerprint density at radius 1 is 0.429 bits per heavy atom. The largest absolute Gasteiger partial charge is 0.399 e. The number of anilines is 2. The maximum absolute atomic E-state index is 5.80. The lowest BCUT2D eigenvalue weighted by Gasteiger charge is -2.11. The zero-order valence-corrected chi connectivity index (χ0v) is 21.2. The fourth-order valence-electron chi connectivity index (χ4n) is 4.81. The summed E-state index contributed by atoms with van der Waals surface area (Å²) in [4.78, 5) is 0. The number of hydrogen-bond acceptors (Lipinski definition) is 2. The number of benzene rings is 4. The molecule has 0 aliphatic rings. The highest BCUT2D eigenvalue weighted by atomic mass is 14.5. The molecule has 0 aliphatic carbocycles. The van der Waals surface area contributed by atoms with Crippen molar-refractivity contribution in [3.05, 3.63) is 129 Å². The van der Waals surface area contributed by atoms with Gasteiger partial charge in [0, 0.05) is 11.4 Å². The van der Waals surface area contributed by atoms with Gasteiger partial charge in [0.25, 0.3) is 0 Å². The molecule has 0 bridgehead atoms. The Morgan fingerprint density at radius 2 is 0.800 bits per heavy atom. The third kappa shape index (κ3) is 7.23. The molecule has 0 spiro atoms. The van der Waals surface area contributed by atoms with Crippen molar-refractivity contribution in [2.45, 2.75) is 58.8 Å². The SMILES string of the molecule is Cc1cc(CCCc2ccc(CCc3ccc(N)cc3)c(C)c2)ccc1CCc1ccc(N)cc1. The van der Waals surface area contributed by atoms with Gasteiger partial charge in [0.05, 0.1) is 0 Å². The summed E-state index contributed by atoms with van der Waals surface area (Å²) in [5.74, 6) is 0. The Kier molecular flexibility index (Phi) is 8.26. The van der Waals surface area contributed by atoms with Gasteiger partial charge in [0.15, 0.2) is 0 Å². The van der Waals surface area contributed by atoms with Crippen LogP contribution in [0.2, 0.25) is 0 Å². The first kappa shape index (κ1) is 24.6. The van der Waals surface area contributed by atoms with Crippen molar-refractivity contribution in [3.63, 3.8) is 0 Å². The molecule has 0 unspecified atom stereocenters. The molecule has 0 aromatic heterocycles. The van der Waals surface area contributed by atoms with Crippen LogP contribution in [0.1, 0.15) is 50.9 Å². The summed E-state index contributed by atoms with van der Waals surface area (Å²) in [7, 11) is 0. The van der Waals surface area contributed by atoms with Crippen LogP contribution in [0, 0.1) is 13.8 Å². The van der Waals surface area contributed by atoms with E-state index in [-0.39, 0.29) is 0 Å². The lowest BCUT2D eigenvalue weighted by atomic mass is 9.95. The molecule has 0 atom stereocenters. The number of aryl methyl sites for hydroxylation is 8. The van der Waals surface area contributed by atoms with Crippen LogP contribution in [0.4, 0.5) is 11.4 Å². The summed E-state index contributed by atoms with van der Waals surface area (Å²) >= 11 is 0. The van der Waals surface area contributed by atoms with Crippen LogP contribution >= 0.6 is 0 Å². The van der Waals surface area contributed by atoms with Crippen LogP contribution in [-0.2, 0) is 38.5 Å². The second-order valence-corrected chi connectivity index (χ2v) is 9.86. The summed E-state index contributed by atoms with van der Waals surface area (Å²) in [6.45, 7) is 4.49. The minimum Gasteiger partial charge on any atom is -0.399 e. The zero-order valence-electron chi connectivity index (χ0n) is 21.2. The highest BCUT2D eigenvalue weighted by Gasteiger charge is 2.05. The molecule has 0 radical (unpaired) electrons. The van der Waals surface area contributed by atoms with Gasteiger partial charge in [-0.25, -0.2) is 0 Å². The Bertz CT molecular complexity index is 1140. The zero-order chi connectivity index (χ0) is 24.6. The van der Waals surface area contributed by atoms with Crippen LogP contribution in [0.5, 0.6) is 0 Å². The molecule has 4 aromatic rings. The van der Waals surface area contributed by atoms with Crippen LogP contribution in [0.15, 0.2) is 84.9 Å². The lowest BCUT2D eigenvalue weighted by Crippen LogP contribution is -1.98. The molecular weight excluding hydrogens is 424 g/mol. The smallest absolute Gasteiger partial charge is 0.0314 e. The minimum atomic E-state index is 0.828. The lowest BCUT2D eigenvalue weighted by molar-refractivity contribution is 0.816. The third-order valence-corrected chi connectivity index (χ3v) is 7.07. The van der Waals surface area contributed by atoms with E-state index in [1.54, 1.807) is 0 Å². The molecule has 35 heavy (non-hydrogen) atoms. The molecule has 2 heteroatoms. The number of nitrogens with two attached hydrogens (primary N) is 2. The van der Waals surface area contributed by atoms with Gasteiger partial charge in [-0.1, -0.05) is 60.7 Å². The summed E-state index contributed by atoms with van der Waals surface area (Å²) in [5.41, 5.74) is 24.5. The summed E-state index contributed by atoms with van der Waals surface area (Å²) in [6.07, 6.45) is 7.66. The van der Waals surface area contributed by atoms with Gasteiger partial charge >= 0.3 is 0 Å². The first-order valence-electron chi connectivity index (χ1n) is 12.8. The molecule has 0 saturated carbocycles. The van der Waals surface area contributed by atoms with Crippen LogP contribution < -0.4 is 11.5 Å². The average Bonchev–Trinajstić information content (AvgIpc) is 2.85. The fraction of sp³-hybridized carbons (Fsp3) is 0.273. The molecule has 0 saturated heterocycles. The van der Waals surface area contributed by atoms with E-state index < -0.39 is 0 Å². The predicted molar refractivity (Wildman–Crippen MR) is 151 cm³/mol. The average molecular weight is 463 g/mol. The Labute approximate surface area is 211 Å². The summed E-state index contributed by atoms with van der Waals surface area (Å²) in [6, 6.07) is 30.5. The molecule has 4 aromatic carbocycles. The van der Waals surface area contributed by atoms with E-state index >= 15 is 0 Å². The van der Waals surface area contributed by atoms with E-state index in [1.807, 2.05) is 24.3 Å². The van der Waals surface area contributed by atoms with Crippen LogP contribution in [-0.4, -0.2) is 0 Å². The number of hydrogen-bond donors (Lipinski definition) is 2. The highest BCUT2D eigenvalue weighted by Crippen LogP contribution is 2.19. The molecule has 0 amide bonds. The van der Waals surface area contributed by atoms with Crippen molar-refractivity contribution in [1.82, 2.24) is 0 Å². The van der Waals surface area contributed by atoms with E-state index in [1.165, 1.54) is 50.9 Å². The number of rotatable bonds is 10. The third-order valence-electron chi connectivity index (χ3n) is 7.07. The minimum absolute atomic E-state index is 0.828. The molecule has 0 aliphatic heterocycles. The summed E-state index contributed by atoms with van der Waals surface area (Å²) < 4.78 is 0. The van der Waals surface area contributed by atoms with Crippen molar-refractivity contribution >= 4 is 11.4 Å². The second kappa shape index (κ2) is 11.8. The van der Waals surface area contributed by atoms with Gasteiger partial charge in [-0.3, -0.25) is 0 Å². The first-order chi connectivity index (χ1) is 17.0. The van der Waals surface area contributed by atoms with Gasteiger partial charge in [0.2, 0.25) is 0 Å². The second-order valence-electron chi connectivity index (χ2n) is 9.86. The van der Waals surface area contributed by atoms with Crippen molar-refractivity contribution in [3.8, 4) is 0 Å². The molecule has 0 fully saturated rings. The van der Waals surface area contributed by atoms with E-state index in [9.17, 15) is 0 Å². The van der Waals surface area contributed by atoms with Crippen molar-refractivity contribution in [2.75, 3.05) is 11.5 Å². The van der Waals surface area contributed by atoms with Crippen molar-refractivity contribution < 1.29 is 0 Å². The van der Waals surface area contributed by atoms with Gasteiger partial charge in [-0.05, 0) is 128 Å². The molecule has 4 N–H and O–H groups in total. The van der Waals surface area contributed by atoms with Gasteiger partial charge in [0.1, 0.15) is 0 Å². The molecule has 4 rings (SSSR count). The maximum atomic E-state index is 5.80. The van der Waals surface area contributed by atoms with Crippen molar-refractivity contribution in [1.29, 1.82) is 0 Å². The Hall–Kier alpha value is -3.52. The van der Waals surface area contributed by atoms with Crippen LogP contribution in [0.3, 0.4) is 0 Å². The number of nitrogen functional groups attached to an aromatic ring is 2. The van der Waals surface area contributed by atoms with Crippen LogP contribution in [0.25, 0.3) is 0 Å². The Balaban J connectivity index is 1.25. The highest BCUT2D eigenvalue weighted by molar-refractivity contribution is 5.41. The molecular formula is C33H38N2. The monoisotopic (exact) mass is 462 g/mol. The van der Waals surface area contributed by atoms with Gasteiger partial charge in [-0.15, -0.1) is 0 Å². The Morgan fingerprint density at radius 3 is 1.17 bits per heavy atom.